The van der Waals surface area contributed by atoms with Gasteiger partial charge in [-0.15, -0.1) is 6.58 Å². The molecule has 0 aliphatic rings. The Kier molecular flexibility index (Phi) is 6.94. The van der Waals surface area contributed by atoms with Crippen molar-refractivity contribution in [2.24, 2.45) is 0 Å². The Morgan fingerprint density at radius 3 is 2.20 bits per heavy atom. The molecule has 0 spiro atoms. The molecule has 0 radical (unpaired) electrons. The number of nitrogens with one attached hydrogen (secondary N) is 1. The zero-order chi connectivity index (χ0) is 15.0. The van der Waals surface area contributed by atoms with Crippen LogP contribution in [0.25, 0.3) is 0 Å². The lowest BCUT2D eigenvalue weighted by Crippen LogP contribution is -2.25. The average molecular weight is 279 g/mol. The summed E-state index contributed by atoms with van der Waals surface area (Å²) in [6.07, 6.45) is 4.04. The predicted octanol–water partition coefficient (Wildman–Crippen LogP) is 3.16. The standard InChI is InChI=1S/C16H25NO3/c1-6-7-8-12(2)17-11-13-9-14(18-3)16(20-5)15(10-13)19-4/h6,9-10,12,17H,1,7-8,11H2,2-5H3. The third-order valence-electron chi connectivity index (χ3n) is 3.18. The zero-order valence-corrected chi connectivity index (χ0v) is 12.9. The Labute approximate surface area is 121 Å². The normalized spacial score (nSPS) is 11.8. The van der Waals surface area contributed by atoms with Gasteiger partial charge in [-0.2, -0.15) is 0 Å². The Balaban J connectivity index is 2.77. The van der Waals surface area contributed by atoms with E-state index in [0.29, 0.717) is 23.3 Å². The van der Waals surface area contributed by atoms with Crippen molar-refractivity contribution in [1.82, 2.24) is 5.32 Å². The molecule has 4 heteroatoms. The average Bonchev–Trinajstić information content (AvgIpc) is 2.49. The molecule has 0 aromatic heterocycles. The van der Waals surface area contributed by atoms with Gasteiger partial charge in [0.25, 0.3) is 0 Å². The van der Waals surface area contributed by atoms with Crippen molar-refractivity contribution >= 4 is 0 Å². The van der Waals surface area contributed by atoms with Crippen LogP contribution in [-0.4, -0.2) is 27.4 Å². The topological polar surface area (TPSA) is 39.7 Å². The number of benzene rings is 1. The fourth-order valence-corrected chi connectivity index (χ4v) is 2.00. The minimum atomic E-state index is 0.437. The SMILES string of the molecule is C=CCCC(C)NCc1cc(OC)c(OC)c(OC)c1. The van der Waals surface area contributed by atoms with Crippen molar-refractivity contribution in [2.75, 3.05) is 21.3 Å². The van der Waals surface area contributed by atoms with Crippen LogP contribution in [0.2, 0.25) is 0 Å². The first-order valence-corrected chi connectivity index (χ1v) is 6.79. The van der Waals surface area contributed by atoms with Gasteiger partial charge < -0.3 is 19.5 Å². The van der Waals surface area contributed by atoms with Gasteiger partial charge in [0, 0.05) is 12.6 Å². The second kappa shape index (κ2) is 8.48. The first kappa shape index (κ1) is 16.4. The van der Waals surface area contributed by atoms with Gasteiger partial charge in [-0.1, -0.05) is 6.08 Å². The van der Waals surface area contributed by atoms with Crippen LogP contribution in [0.15, 0.2) is 24.8 Å². The summed E-state index contributed by atoms with van der Waals surface area (Å²) in [5, 5.41) is 3.47. The monoisotopic (exact) mass is 279 g/mol. The van der Waals surface area contributed by atoms with E-state index in [-0.39, 0.29) is 0 Å². The van der Waals surface area contributed by atoms with E-state index in [0.717, 1.165) is 24.9 Å². The maximum atomic E-state index is 5.35. The molecule has 0 heterocycles. The molecule has 4 nitrogen and oxygen atoms in total. The fourth-order valence-electron chi connectivity index (χ4n) is 2.00. The van der Waals surface area contributed by atoms with Crippen LogP contribution in [0, 0.1) is 0 Å². The quantitative estimate of drug-likeness (QED) is 0.705. The van der Waals surface area contributed by atoms with Crippen LogP contribution >= 0.6 is 0 Å². The Hall–Kier alpha value is -1.68. The van der Waals surface area contributed by atoms with Crippen LogP contribution in [0.1, 0.15) is 25.3 Å². The second-order valence-electron chi connectivity index (χ2n) is 4.68. The first-order chi connectivity index (χ1) is 9.65. The highest BCUT2D eigenvalue weighted by molar-refractivity contribution is 5.53. The number of methoxy groups -OCH3 is 3. The lowest BCUT2D eigenvalue weighted by molar-refractivity contribution is 0.323. The third-order valence-corrected chi connectivity index (χ3v) is 3.18. The number of hydrogen-bond acceptors (Lipinski definition) is 4. The third kappa shape index (κ3) is 4.46. The van der Waals surface area contributed by atoms with Crippen LogP contribution in [0.4, 0.5) is 0 Å². The van der Waals surface area contributed by atoms with Crippen molar-refractivity contribution in [3.8, 4) is 17.2 Å². The summed E-state index contributed by atoms with van der Waals surface area (Å²) in [4.78, 5) is 0. The van der Waals surface area contributed by atoms with E-state index >= 15 is 0 Å². The van der Waals surface area contributed by atoms with Gasteiger partial charge in [0.15, 0.2) is 11.5 Å². The second-order valence-corrected chi connectivity index (χ2v) is 4.68. The van der Waals surface area contributed by atoms with E-state index in [1.54, 1.807) is 21.3 Å². The van der Waals surface area contributed by atoms with Crippen molar-refractivity contribution in [1.29, 1.82) is 0 Å². The molecule has 0 aliphatic carbocycles. The highest BCUT2D eigenvalue weighted by Gasteiger charge is 2.13. The molecule has 0 saturated heterocycles. The van der Waals surface area contributed by atoms with E-state index in [9.17, 15) is 0 Å². The smallest absolute Gasteiger partial charge is 0.203 e. The lowest BCUT2D eigenvalue weighted by atomic mass is 10.1. The van der Waals surface area contributed by atoms with Gasteiger partial charge in [-0.25, -0.2) is 0 Å². The van der Waals surface area contributed by atoms with Crippen LogP contribution in [0.3, 0.4) is 0 Å². The molecule has 1 aromatic rings. The molecular formula is C16H25NO3. The highest BCUT2D eigenvalue weighted by Crippen LogP contribution is 2.38. The van der Waals surface area contributed by atoms with Crippen molar-refractivity contribution in [3.05, 3.63) is 30.4 Å². The molecule has 1 rings (SSSR count). The molecule has 1 atom stereocenters. The van der Waals surface area contributed by atoms with E-state index in [1.165, 1.54) is 0 Å². The van der Waals surface area contributed by atoms with Crippen LogP contribution < -0.4 is 19.5 Å². The molecule has 20 heavy (non-hydrogen) atoms. The van der Waals surface area contributed by atoms with Crippen molar-refractivity contribution in [2.45, 2.75) is 32.4 Å². The molecule has 0 amide bonds. The molecule has 0 saturated carbocycles. The van der Waals surface area contributed by atoms with E-state index in [1.807, 2.05) is 18.2 Å². The van der Waals surface area contributed by atoms with Gasteiger partial charge >= 0.3 is 0 Å². The molecule has 1 N–H and O–H groups in total. The van der Waals surface area contributed by atoms with Crippen molar-refractivity contribution in [3.63, 3.8) is 0 Å². The molecule has 1 unspecified atom stereocenters. The fraction of sp³-hybridized carbons (Fsp3) is 0.500. The van der Waals surface area contributed by atoms with E-state index in [4.69, 9.17) is 14.2 Å². The van der Waals surface area contributed by atoms with Gasteiger partial charge in [-0.05, 0) is 37.5 Å². The number of allylic oxidation sites excluding steroid dienone is 1. The van der Waals surface area contributed by atoms with Crippen LogP contribution in [-0.2, 0) is 6.54 Å². The maximum Gasteiger partial charge on any atom is 0.203 e. The number of hydrogen-bond donors (Lipinski definition) is 1. The van der Waals surface area contributed by atoms with Gasteiger partial charge in [0.05, 0.1) is 21.3 Å². The number of rotatable bonds is 9. The van der Waals surface area contributed by atoms with Crippen molar-refractivity contribution < 1.29 is 14.2 Å². The molecule has 1 aromatic carbocycles. The summed E-state index contributed by atoms with van der Waals surface area (Å²) in [5.74, 6) is 1.99. The van der Waals surface area contributed by atoms with Crippen LogP contribution in [0.5, 0.6) is 17.2 Å². The van der Waals surface area contributed by atoms with Gasteiger partial charge in [0.2, 0.25) is 5.75 Å². The summed E-state index contributed by atoms with van der Waals surface area (Å²) >= 11 is 0. The lowest BCUT2D eigenvalue weighted by Gasteiger charge is -2.16. The Bertz CT molecular complexity index is 407. The summed E-state index contributed by atoms with van der Waals surface area (Å²) in [6.45, 7) is 6.67. The minimum Gasteiger partial charge on any atom is -0.493 e. The molecular weight excluding hydrogens is 254 g/mol. The molecule has 0 fully saturated rings. The van der Waals surface area contributed by atoms with Gasteiger partial charge in [0.1, 0.15) is 0 Å². The maximum absolute atomic E-state index is 5.35. The van der Waals surface area contributed by atoms with E-state index in [2.05, 4.69) is 18.8 Å². The summed E-state index contributed by atoms with van der Waals surface area (Å²) in [6, 6.07) is 4.37. The Morgan fingerprint density at radius 2 is 1.75 bits per heavy atom. The minimum absolute atomic E-state index is 0.437. The summed E-state index contributed by atoms with van der Waals surface area (Å²) in [7, 11) is 4.86. The van der Waals surface area contributed by atoms with E-state index < -0.39 is 0 Å². The zero-order valence-electron chi connectivity index (χ0n) is 12.9. The largest absolute Gasteiger partial charge is 0.493 e. The molecule has 112 valence electrons. The molecule has 0 aliphatic heterocycles. The summed E-state index contributed by atoms with van der Waals surface area (Å²) < 4.78 is 16.0. The Morgan fingerprint density at radius 1 is 1.15 bits per heavy atom. The predicted molar refractivity (Wildman–Crippen MR) is 81.8 cm³/mol. The summed E-state index contributed by atoms with van der Waals surface area (Å²) in [5.41, 5.74) is 1.10. The number of ether oxygens (including phenoxy) is 3. The first-order valence-electron chi connectivity index (χ1n) is 6.79. The highest BCUT2D eigenvalue weighted by atomic mass is 16.5. The molecule has 0 bridgehead atoms. The van der Waals surface area contributed by atoms with Gasteiger partial charge in [-0.3, -0.25) is 0 Å².